The van der Waals surface area contributed by atoms with E-state index >= 15 is 0 Å². The number of fused-ring (bicyclic) bond motifs is 1. The van der Waals surface area contributed by atoms with Crippen LogP contribution in [0.1, 0.15) is 17.2 Å². The van der Waals surface area contributed by atoms with E-state index in [1.807, 2.05) is 30.3 Å². The molecule has 0 heterocycles. The van der Waals surface area contributed by atoms with E-state index in [2.05, 4.69) is 31.9 Å². The zero-order valence-electron chi connectivity index (χ0n) is 10.9. The minimum atomic E-state index is -0.815. The second-order valence-corrected chi connectivity index (χ2v) is 6.62. The molecule has 0 aliphatic rings. The average Bonchev–Trinajstić information content (AvgIpc) is 2.46. The first kappa shape index (κ1) is 14.7. The Hall–Kier alpha value is -1.23. The minimum Gasteiger partial charge on any atom is -0.384 e. The highest BCUT2D eigenvalue weighted by atomic mass is 79.9. The smallest absolute Gasteiger partial charge is 0.131 e. The average molecular weight is 410 g/mol. The third-order valence-electron chi connectivity index (χ3n) is 3.40. The molecule has 0 radical (unpaired) electrons. The molecule has 4 heteroatoms. The van der Waals surface area contributed by atoms with Crippen molar-refractivity contribution in [1.29, 1.82) is 0 Å². The Balaban J connectivity index is 2.18. The Morgan fingerprint density at radius 1 is 0.857 bits per heavy atom. The molecule has 1 nitrogen and oxygen atoms in total. The lowest BCUT2D eigenvalue weighted by Gasteiger charge is -2.15. The summed E-state index contributed by atoms with van der Waals surface area (Å²) in [5.74, 6) is -0.281. The molecule has 1 unspecified atom stereocenters. The van der Waals surface area contributed by atoms with Gasteiger partial charge in [-0.15, -0.1) is 0 Å². The monoisotopic (exact) mass is 408 g/mol. The summed E-state index contributed by atoms with van der Waals surface area (Å²) in [6, 6.07) is 15.8. The normalized spacial score (nSPS) is 12.6. The first-order chi connectivity index (χ1) is 10.1. The Labute approximate surface area is 138 Å². The zero-order valence-corrected chi connectivity index (χ0v) is 14.0. The highest BCUT2D eigenvalue weighted by Gasteiger charge is 2.16. The highest BCUT2D eigenvalue weighted by Crippen LogP contribution is 2.32. The largest absolute Gasteiger partial charge is 0.384 e. The van der Waals surface area contributed by atoms with Gasteiger partial charge in [-0.25, -0.2) is 4.39 Å². The molecule has 1 N–H and O–H groups in total. The second-order valence-electron chi connectivity index (χ2n) is 4.79. The first-order valence-electron chi connectivity index (χ1n) is 6.37. The van der Waals surface area contributed by atoms with Gasteiger partial charge in [0.15, 0.2) is 0 Å². The van der Waals surface area contributed by atoms with Gasteiger partial charge >= 0.3 is 0 Å². The molecule has 0 aliphatic heterocycles. The van der Waals surface area contributed by atoms with Crippen LogP contribution in [-0.2, 0) is 0 Å². The van der Waals surface area contributed by atoms with Crippen LogP contribution in [0.15, 0.2) is 63.5 Å². The van der Waals surface area contributed by atoms with E-state index in [1.54, 1.807) is 18.2 Å². The van der Waals surface area contributed by atoms with Crippen molar-refractivity contribution in [3.8, 4) is 0 Å². The van der Waals surface area contributed by atoms with Crippen molar-refractivity contribution in [2.45, 2.75) is 6.10 Å². The third kappa shape index (κ3) is 2.89. The molecule has 0 amide bonds. The number of aliphatic hydroxyl groups is 1. The van der Waals surface area contributed by atoms with Gasteiger partial charge in [-0.3, -0.25) is 0 Å². The van der Waals surface area contributed by atoms with E-state index in [0.29, 0.717) is 10.9 Å². The Morgan fingerprint density at radius 3 is 2.14 bits per heavy atom. The molecule has 0 aliphatic carbocycles. The molecule has 3 rings (SSSR count). The van der Waals surface area contributed by atoms with Gasteiger partial charge in [-0.2, -0.15) is 0 Å². The lowest BCUT2D eigenvalue weighted by atomic mass is 9.96. The van der Waals surface area contributed by atoms with Gasteiger partial charge in [0.1, 0.15) is 11.9 Å². The topological polar surface area (TPSA) is 20.2 Å². The van der Waals surface area contributed by atoms with Crippen LogP contribution >= 0.6 is 31.9 Å². The molecular weight excluding hydrogens is 399 g/mol. The standard InChI is InChI=1S/C17H11Br2FO/c18-11-7-10(8-12(19)9-11)17(21)15-5-6-16(20)14-4-2-1-3-13(14)15/h1-9,17,21H. The number of benzene rings is 3. The lowest BCUT2D eigenvalue weighted by Crippen LogP contribution is -2.01. The van der Waals surface area contributed by atoms with Gasteiger partial charge in [-0.1, -0.05) is 62.2 Å². The quantitative estimate of drug-likeness (QED) is 0.585. The first-order valence-corrected chi connectivity index (χ1v) is 7.96. The summed E-state index contributed by atoms with van der Waals surface area (Å²) in [6.45, 7) is 0. The number of hydrogen-bond donors (Lipinski definition) is 1. The van der Waals surface area contributed by atoms with Crippen LogP contribution in [-0.4, -0.2) is 5.11 Å². The summed E-state index contributed by atoms with van der Waals surface area (Å²) in [4.78, 5) is 0. The van der Waals surface area contributed by atoms with Gasteiger partial charge in [0.2, 0.25) is 0 Å². The summed E-state index contributed by atoms with van der Waals surface area (Å²) in [6.07, 6.45) is -0.815. The van der Waals surface area contributed by atoms with Crippen LogP contribution in [0.25, 0.3) is 10.8 Å². The van der Waals surface area contributed by atoms with Crippen LogP contribution in [0.2, 0.25) is 0 Å². The minimum absolute atomic E-state index is 0.281. The van der Waals surface area contributed by atoms with E-state index in [0.717, 1.165) is 19.9 Å². The van der Waals surface area contributed by atoms with Gasteiger partial charge in [0.25, 0.3) is 0 Å². The molecule has 0 saturated carbocycles. The maximum absolute atomic E-state index is 13.9. The predicted octanol–water partition coefficient (Wildman–Crippen LogP) is 5.59. The fraction of sp³-hybridized carbons (Fsp3) is 0.0588. The van der Waals surface area contributed by atoms with E-state index in [9.17, 15) is 9.50 Å². The van der Waals surface area contributed by atoms with Crippen LogP contribution in [0, 0.1) is 5.82 Å². The molecule has 0 fully saturated rings. The van der Waals surface area contributed by atoms with Gasteiger partial charge in [0, 0.05) is 14.3 Å². The predicted molar refractivity (Wildman–Crippen MR) is 89.8 cm³/mol. The summed E-state index contributed by atoms with van der Waals surface area (Å²) in [7, 11) is 0. The fourth-order valence-corrected chi connectivity index (χ4v) is 3.77. The van der Waals surface area contributed by atoms with Crippen LogP contribution in [0.4, 0.5) is 4.39 Å². The molecule has 0 spiro atoms. The van der Waals surface area contributed by atoms with Crippen LogP contribution in [0.5, 0.6) is 0 Å². The van der Waals surface area contributed by atoms with Crippen molar-refractivity contribution in [2.75, 3.05) is 0 Å². The summed E-state index contributed by atoms with van der Waals surface area (Å²) in [5.41, 5.74) is 1.44. The van der Waals surface area contributed by atoms with Crippen molar-refractivity contribution in [3.05, 3.63) is 80.5 Å². The Morgan fingerprint density at radius 2 is 1.48 bits per heavy atom. The van der Waals surface area contributed by atoms with Gasteiger partial charge < -0.3 is 5.11 Å². The lowest BCUT2D eigenvalue weighted by molar-refractivity contribution is 0.221. The zero-order chi connectivity index (χ0) is 15.0. The van der Waals surface area contributed by atoms with Crippen molar-refractivity contribution < 1.29 is 9.50 Å². The van der Waals surface area contributed by atoms with Gasteiger partial charge in [-0.05, 0) is 40.8 Å². The van der Waals surface area contributed by atoms with Crippen molar-refractivity contribution in [2.24, 2.45) is 0 Å². The molecular formula is C17H11Br2FO. The molecule has 1 atom stereocenters. The summed E-state index contributed by atoms with van der Waals surface area (Å²) < 4.78 is 15.6. The van der Waals surface area contributed by atoms with Crippen molar-refractivity contribution in [3.63, 3.8) is 0 Å². The maximum atomic E-state index is 13.9. The third-order valence-corrected chi connectivity index (χ3v) is 4.32. The van der Waals surface area contributed by atoms with Crippen LogP contribution < -0.4 is 0 Å². The number of halogens is 3. The summed E-state index contributed by atoms with van der Waals surface area (Å²) >= 11 is 6.83. The van der Waals surface area contributed by atoms with Crippen molar-refractivity contribution in [1.82, 2.24) is 0 Å². The molecule has 3 aromatic carbocycles. The molecule has 0 aromatic heterocycles. The summed E-state index contributed by atoms with van der Waals surface area (Å²) in [5, 5.41) is 11.9. The number of aliphatic hydroxyl groups excluding tert-OH is 1. The Bertz CT molecular complexity index is 797. The maximum Gasteiger partial charge on any atom is 0.131 e. The fourth-order valence-electron chi connectivity index (χ4n) is 2.44. The highest BCUT2D eigenvalue weighted by molar-refractivity contribution is 9.11. The molecule has 21 heavy (non-hydrogen) atoms. The number of rotatable bonds is 2. The van der Waals surface area contributed by atoms with Gasteiger partial charge in [0.05, 0.1) is 0 Å². The van der Waals surface area contributed by atoms with E-state index < -0.39 is 6.10 Å². The van der Waals surface area contributed by atoms with Crippen LogP contribution in [0.3, 0.4) is 0 Å². The van der Waals surface area contributed by atoms with Crippen molar-refractivity contribution >= 4 is 42.6 Å². The molecule has 106 valence electrons. The molecule has 0 saturated heterocycles. The Kier molecular flexibility index (Phi) is 4.11. The second kappa shape index (κ2) is 5.87. The molecule has 0 bridgehead atoms. The number of hydrogen-bond acceptors (Lipinski definition) is 1. The van der Waals surface area contributed by atoms with E-state index in [-0.39, 0.29) is 5.82 Å². The SMILES string of the molecule is OC(c1cc(Br)cc(Br)c1)c1ccc(F)c2ccccc12. The van der Waals surface area contributed by atoms with E-state index in [1.165, 1.54) is 6.07 Å². The molecule has 3 aromatic rings. The van der Waals surface area contributed by atoms with E-state index in [4.69, 9.17) is 0 Å².